The summed E-state index contributed by atoms with van der Waals surface area (Å²) >= 11 is 0. The Kier molecular flexibility index (Phi) is 4.39. The number of amides is 2. The Bertz CT molecular complexity index is 596. The predicted octanol–water partition coefficient (Wildman–Crippen LogP) is 3.77. The Labute approximate surface area is 129 Å². The summed E-state index contributed by atoms with van der Waals surface area (Å²) in [5.41, 5.74) is -0.262. The molecule has 0 aliphatic heterocycles. The van der Waals surface area contributed by atoms with Gasteiger partial charge in [0.15, 0.2) is 0 Å². The fourth-order valence-corrected chi connectivity index (χ4v) is 2.03. The van der Waals surface area contributed by atoms with Gasteiger partial charge in [0.05, 0.1) is 5.69 Å². The van der Waals surface area contributed by atoms with Crippen LogP contribution in [0.3, 0.4) is 0 Å². The van der Waals surface area contributed by atoms with Crippen LogP contribution in [0, 0.1) is 17.7 Å². The molecule has 120 valence electrons. The van der Waals surface area contributed by atoms with Crippen molar-refractivity contribution in [2.45, 2.75) is 39.7 Å². The monoisotopic (exact) mass is 308 g/mol. The van der Waals surface area contributed by atoms with Gasteiger partial charge in [0.1, 0.15) is 11.4 Å². The van der Waals surface area contributed by atoms with Crippen LogP contribution < -0.4 is 10.6 Å². The number of hydrogen-bond acceptors (Lipinski definition) is 3. The average molecular weight is 308 g/mol. The van der Waals surface area contributed by atoms with Gasteiger partial charge in [-0.25, -0.2) is 9.18 Å². The second-order valence-corrected chi connectivity index (χ2v) is 6.63. The van der Waals surface area contributed by atoms with Gasteiger partial charge in [-0.05, 0) is 51.3 Å². The van der Waals surface area contributed by atoms with E-state index >= 15 is 0 Å². The molecule has 2 amide bonds. The van der Waals surface area contributed by atoms with E-state index in [4.69, 9.17) is 4.74 Å². The fourth-order valence-electron chi connectivity index (χ4n) is 2.03. The lowest BCUT2D eigenvalue weighted by Crippen LogP contribution is -2.27. The minimum Gasteiger partial charge on any atom is -0.444 e. The van der Waals surface area contributed by atoms with Crippen LogP contribution in [0.1, 0.15) is 34.1 Å². The molecule has 1 aliphatic rings. The first-order valence-electron chi connectivity index (χ1n) is 7.26. The third-order valence-electron chi connectivity index (χ3n) is 3.32. The van der Waals surface area contributed by atoms with E-state index in [1.165, 1.54) is 18.2 Å². The summed E-state index contributed by atoms with van der Waals surface area (Å²) in [6.07, 6.45) is 0.126. The van der Waals surface area contributed by atoms with Gasteiger partial charge in [-0.3, -0.25) is 10.1 Å². The molecule has 1 saturated carbocycles. The highest BCUT2D eigenvalue weighted by Crippen LogP contribution is 2.38. The summed E-state index contributed by atoms with van der Waals surface area (Å²) in [6.45, 7) is 7.16. The number of nitrogens with one attached hydrogen (secondary N) is 2. The third kappa shape index (κ3) is 4.44. The van der Waals surface area contributed by atoms with E-state index in [9.17, 15) is 14.0 Å². The van der Waals surface area contributed by atoms with Crippen LogP contribution in [0.5, 0.6) is 0 Å². The van der Waals surface area contributed by atoms with E-state index in [0.717, 1.165) is 6.42 Å². The number of hydrogen-bond donors (Lipinski definition) is 2. The molecule has 2 N–H and O–H groups in total. The van der Waals surface area contributed by atoms with Gasteiger partial charge in [-0.15, -0.1) is 0 Å². The van der Waals surface area contributed by atoms with Crippen molar-refractivity contribution in [1.29, 1.82) is 0 Å². The number of halogens is 1. The van der Waals surface area contributed by atoms with Crippen molar-refractivity contribution >= 4 is 23.4 Å². The first kappa shape index (κ1) is 16.3. The van der Waals surface area contributed by atoms with Gasteiger partial charge >= 0.3 is 6.09 Å². The Hall–Kier alpha value is -2.11. The molecule has 2 rings (SSSR count). The number of rotatable bonds is 3. The molecule has 1 fully saturated rings. The highest BCUT2D eigenvalue weighted by Gasteiger charge is 2.39. The van der Waals surface area contributed by atoms with Crippen molar-refractivity contribution in [1.82, 2.24) is 0 Å². The van der Waals surface area contributed by atoms with Gasteiger partial charge < -0.3 is 10.1 Å². The van der Waals surface area contributed by atoms with Gasteiger partial charge in [0.2, 0.25) is 5.91 Å². The van der Waals surface area contributed by atoms with Crippen LogP contribution in [-0.2, 0) is 9.53 Å². The zero-order valence-corrected chi connectivity index (χ0v) is 13.2. The summed E-state index contributed by atoms with van der Waals surface area (Å²) < 4.78 is 18.8. The molecule has 0 saturated heterocycles. The van der Waals surface area contributed by atoms with Gasteiger partial charge in [0.25, 0.3) is 0 Å². The zero-order valence-electron chi connectivity index (χ0n) is 13.2. The summed E-state index contributed by atoms with van der Waals surface area (Å²) in [6, 6.07) is 4.03. The zero-order chi connectivity index (χ0) is 16.5. The van der Waals surface area contributed by atoms with Crippen LogP contribution in [0.4, 0.5) is 20.6 Å². The molecule has 0 aromatic heterocycles. The lowest BCUT2D eigenvalue weighted by Gasteiger charge is -2.20. The normalized spacial score (nSPS) is 20.2. The molecule has 5 nitrogen and oxygen atoms in total. The van der Waals surface area contributed by atoms with E-state index in [1.54, 1.807) is 20.8 Å². The van der Waals surface area contributed by atoms with Crippen molar-refractivity contribution in [2.24, 2.45) is 11.8 Å². The van der Waals surface area contributed by atoms with Gasteiger partial charge in [-0.2, -0.15) is 0 Å². The highest BCUT2D eigenvalue weighted by molar-refractivity contribution is 5.95. The highest BCUT2D eigenvalue weighted by atomic mass is 19.1. The molecule has 22 heavy (non-hydrogen) atoms. The number of carbonyl (C=O) groups is 2. The Morgan fingerprint density at radius 3 is 2.45 bits per heavy atom. The molecule has 0 bridgehead atoms. The van der Waals surface area contributed by atoms with Crippen LogP contribution in [-0.4, -0.2) is 17.6 Å². The second kappa shape index (κ2) is 5.94. The molecular formula is C16H21FN2O3. The van der Waals surface area contributed by atoms with Crippen molar-refractivity contribution in [2.75, 3.05) is 10.6 Å². The molecule has 0 radical (unpaired) electrons. The SMILES string of the molecule is C[C@@H]1C[C@@H]1C(=O)Nc1ccc(F)c(NC(=O)OC(C)(C)C)c1. The molecule has 6 heteroatoms. The number of anilines is 2. The Morgan fingerprint density at radius 1 is 1.27 bits per heavy atom. The lowest BCUT2D eigenvalue weighted by atomic mass is 10.2. The van der Waals surface area contributed by atoms with E-state index in [2.05, 4.69) is 10.6 Å². The van der Waals surface area contributed by atoms with Crippen molar-refractivity contribution < 1.29 is 18.7 Å². The van der Waals surface area contributed by atoms with Crippen molar-refractivity contribution in [3.8, 4) is 0 Å². The maximum atomic E-state index is 13.8. The number of ether oxygens (including phenoxy) is 1. The Balaban J connectivity index is 2.03. The summed E-state index contributed by atoms with van der Waals surface area (Å²) in [5.74, 6) is -0.266. The van der Waals surface area contributed by atoms with Crippen molar-refractivity contribution in [3.05, 3.63) is 24.0 Å². The minimum atomic E-state index is -0.745. The van der Waals surface area contributed by atoms with E-state index < -0.39 is 17.5 Å². The molecule has 1 aliphatic carbocycles. The second-order valence-electron chi connectivity index (χ2n) is 6.63. The average Bonchev–Trinajstić information content (AvgIpc) is 3.08. The van der Waals surface area contributed by atoms with E-state index in [1.807, 2.05) is 6.92 Å². The summed E-state index contributed by atoms with van der Waals surface area (Å²) in [5, 5.41) is 5.07. The smallest absolute Gasteiger partial charge is 0.412 e. The molecule has 0 heterocycles. The quantitative estimate of drug-likeness (QED) is 0.893. The largest absolute Gasteiger partial charge is 0.444 e. The maximum Gasteiger partial charge on any atom is 0.412 e. The summed E-state index contributed by atoms with van der Waals surface area (Å²) in [7, 11) is 0. The minimum absolute atomic E-state index is 0.0207. The van der Waals surface area contributed by atoms with Crippen LogP contribution in [0.25, 0.3) is 0 Å². The predicted molar refractivity (Wildman–Crippen MR) is 82.2 cm³/mol. The molecule has 0 unspecified atom stereocenters. The molecule has 2 atom stereocenters. The van der Waals surface area contributed by atoms with E-state index in [0.29, 0.717) is 11.6 Å². The molecule has 0 spiro atoms. The first-order chi connectivity index (χ1) is 10.2. The van der Waals surface area contributed by atoms with Gasteiger partial charge in [0, 0.05) is 11.6 Å². The molecule has 1 aromatic rings. The van der Waals surface area contributed by atoms with Crippen LogP contribution in [0.2, 0.25) is 0 Å². The Morgan fingerprint density at radius 2 is 1.91 bits per heavy atom. The number of carbonyl (C=O) groups excluding carboxylic acids is 2. The maximum absolute atomic E-state index is 13.8. The van der Waals surface area contributed by atoms with Crippen molar-refractivity contribution in [3.63, 3.8) is 0 Å². The fraction of sp³-hybridized carbons (Fsp3) is 0.500. The topological polar surface area (TPSA) is 67.4 Å². The lowest BCUT2D eigenvalue weighted by molar-refractivity contribution is -0.117. The van der Waals surface area contributed by atoms with E-state index in [-0.39, 0.29) is 17.5 Å². The standard InChI is InChI=1S/C16H21FN2O3/c1-9-7-11(9)14(20)18-10-5-6-12(17)13(8-10)19-15(21)22-16(2,3)4/h5-6,8-9,11H,7H2,1-4H3,(H,18,20)(H,19,21)/t9-,11+/m1/s1. The van der Waals surface area contributed by atoms with Crippen LogP contribution in [0.15, 0.2) is 18.2 Å². The molecule has 1 aromatic carbocycles. The van der Waals surface area contributed by atoms with Crippen LogP contribution >= 0.6 is 0 Å². The third-order valence-corrected chi connectivity index (χ3v) is 3.32. The van der Waals surface area contributed by atoms with Gasteiger partial charge in [-0.1, -0.05) is 6.92 Å². The first-order valence-corrected chi connectivity index (χ1v) is 7.26. The molecular weight excluding hydrogens is 287 g/mol. The number of benzene rings is 1. The summed E-state index contributed by atoms with van der Waals surface area (Å²) in [4.78, 5) is 23.6.